The summed E-state index contributed by atoms with van der Waals surface area (Å²) < 4.78 is 0. The highest BCUT2D eigenvalue weighted by Gasteiger charge is 2.11. The number of Topliss-reactive ketones (excluding diaryl/α,β-unsaturated/α-hetero) is 1. The summed E-state index contributed by atoms with van der Waals surface area (Å²) in [7, 11) is 3.00. The molecule has 86 heavy (non-hydrogen) atoms. The van der Waals surface area contributed by atoms with E-state index in [1.807, 2.05) is 105 Å². The monoisotopic (exact) mass is 1250 g/mol. The topological polar surface area (TPSA) is 540 Å². The number of rotatable bonds is 6. The minimum atomic E-state index is 0. The van der Waals surface area contributed by atoms with E-state index in [1.54, 1.807) is 6.92 Å². The van der Waals surface area contributed by atoms with Crippen molar-refractivity contribution in [3.8, 4) is 0 Å². The Morgan fingerprint density at radius 2 is 0.477 bits per heavy atom. The van der Waals surface area contributed by atoms with Gasteiger partial charge < -0.3 is 118 Å². The second kappa shape index (κ2) is 218. The maximum atomic E-state index is 10.7. The Bertz CT molecular complexity index is 1190. The van der Waals surface area contributed by atoms with Gasteiger partial charge in [0, 0.05) is 20.0 Å². The first-order chi connectivity index (χ1) is 37.6. The highest BCUT2D eigenvalue weighted by molar-refractivity contribution is 5.73. The number of nitrogens with two attached hydrogens (primary N) is 2. The van der Waals surface area contributed by atoms with Crippen LogP contribution in [0.25, 0.3) is 0 Å². The maximum absolute atomic E-state index is 10.7. The van der Waals surface area contributed by atoms with E-state index in [-0.39, 0.29) is 60.9 Å². The van der Waals surface area contributed by atoms with Gasteiger partial charge >= 0.3 is 0 Å². The van der Waals surface area contributed by atoms with Crippen molar-refractivity contribution in [2.45, 2.75) is 175 Å². The summed E-state index contributed by atoms with van der Waals surface area (Å²) >= 11 is 0. The van der Waals surface area contributed by atoms with Crippen molar-refractivity contribution in [3.63, 3.8) is 0 Å². The van der Waals surface area contributed by atoms with Crippen LogP contribution in [-0.2, 0) is 76.8 Å². The zero-order valence-electron chi connectivity index (χ0n) is 58.9. The molecule has 0 aliphatic carbocycles. The predicted octanol–water partition coefficient (Wildman–Crippen LogP) is 14.1. The van der Waals surface area contributed by atoms with Crippen LogP contribution in [0.5, 0.6) is 0 Å². The summed E-state index contributed by atoms with van der Waals surface area (Å²) in [6.07, 6.45) is 11.0. The van der Waals surface area contributed by atoms with Crippen molar-refractivity contribution in [1.82, 2.24) is 54.1 Å². The van der Waals surface area contributed by atoms with E-state index in [2.05, 4.69) is 167 Å². The van der Waals surface area contributed by atoms with E-state index in [0.717, 1.165) is 50.1 Å². The lowest BCUT2D eigenvalue weighted by Gasteiger charge is -2.24. The standard InChI is InChI=1S/3C8H10.C7H13NO.3C5H12.C3H6O.C2H6.2CH5N.10CH2O.8H3N/c3*1-2-8-6-4-3-5-7-8;1-7(9)8-5-3-2-4-6-8;3*1-4-5(2)3;1-3(2)4;13*1-2;;;;;;;;/h3*3-7H,2H2,1H3;2-6H2,1H3;3*5H,4H2,1-3H3;1-2H3;1-2H3;2*2H2,1H3;10*1H2;8*1H3. The average Bonchev–Trinajstić information content (AvgIpc) is 3.55. The molecule has 0 saturated carbocycles. The van der Waals surface area contributed by atoms with Crippen molar-refractivity contribution in [2.75, 3.05) is 27.2 Å². The molecule has 1 aliphatic rings. The van der Waals surface area contributed by atoms with Crippen LogP contribution in [0.15, 0.2) is 91.0 Å². The number of ketones is 1. The molecule has 23 heteroatoms. The van der Waals surface area contributed by atoms with Crippen LogP contribution in [0.3, 0.4) is 0 Å². The van der Waals surface area contributed by atoms with Gasteiger partial charge in [-0.25, -0.2) is 0 Å². The first-order valence-electron chi connectivity index (χ1n) is 25.5. The van der Waals surface area contributed by atoms with E-state index < -0.39 is 0 Å². The normalized spacial score (nSPS) is 7.28. The summed E-state index contributed by atoms with van der Waals surface area (Å²) in [6, 6.07) is 31.4. The van der Waals surface area contributed by atoms with Gasteiger partial charge in [0.15, 0.2) is 0 Å². The summed E-state index contributed by atoms with van der Waals surface area (Å²) in [4.78, 5) is 102. The lowest BCUT2D eigenvalue weighted by atomic mass is 10.1. The van der Waals surface area contributed by atoms with E-state index in [0.29, 0.717) is 0 Å². The van der Waals surface area contributed by atoms with Gasteiger partial charge in [0.25, 0.3) is 0 Å². The molecule has 28 N–H and O–H groups in total. The Labute approximate surface area is 529 Å². The van der Waals surface area contributed by atoms with Crippen molar-refractivity contribution >= 4 is 79.6 Å². The number of benzene rings is 3. The van der Waals surface area contributed by atoms with Crippen LogP contribution in [-0.4, -0.2) is 112 Å². The quantitative estimate of drug-likeness (QED) is 0.110. The van der Waals surface area contributed by atoms with Gasteiger partial charge in [-0.05, 0) is 101 Å². The minimum Gasteiger partial charge on any atom is -0.344 e. The largest absolute Gasteiger partial charge is 0.344 e. The molecule has 0 bridgehead atoms. The van der Waals surface area contributed by atoms with Crippen LogP contribution in [0.1, 0.15) is 173 Å². The van der Waals surface area contributed by atoms with Crippen molar-refractivity contribution in [2.24, 2.45) is 29.2 Å². The van der Waals surface area contributed by atoms with Gasteiger partial charge in [0.2, 0.25) is 5.91 Å². The van der Waals surface area contributed by atoms with Gasteiger partial charge in [-0.3, -0.25) is 4.79 Å². The molecule has 0 spiro atoms. The maximum Gasteiger partial charge on any atom is 0.219 e. The van der Waals surface area contributed by atoms with Crippen molar-refractivity contribution in [3.05, 3.63) is 108 Å². The number of carbonyl (C=O) groups is 12. The lowest BCUT2D eigenvalue weighted by Crippen LogP contribution is -2.33. The lowest BCUT2D eigenvalue weighted by molar-refractivity contribution is -0.129. The predicted molar refractivity (Wildman–Crippen MR) is 378 cm³/mol. The van der Waals surface area contributed by atoms with Crippen molar-refractivity contribution in [1.29, 1.82) is 0 Å². The first kappa shape index (κ1) is 165. The number of likely N-dealkylation sites (tertiary alicyclic amines) is 1. The minimum absolute atomic E-state index is 0. The average molecular weight is 1250 g/mol. The van der Waals surface area contributed by atoms with E-state index in [9.17, 15) is 9.59 Å². The molecular formula is C63H145N11O12. The summed E-state index contributed by atoms with van der Waals surface area (Å²) in [6.45, 7) is 57.1. The Hall–Kier alpha value is -6.90. The van der Waals surface area contributed by atoms with Crippen LogP contribution < -0.4 is 60.7 Å². The molecular weight excluding hydrogens is 1100 g/mol. The van der Waals surface area contributed by atoms with Gasteiger partial charge in [0.1, 0.15) is 73.7 Å². The number of carbonyl (C=O) groups excluding carboxylic acids is 12. The SMILES string of the molecule is C=O.C=O.C=O.C=O.C=O.C=O.C=O.C=O.C=O.C=O.CC.CC(=O)N1CCCCC1.CC(C)=O.CCC(C)C.CCC(C)C.CCC(C)C.CCc1ccccc1.CCc1ccccc1.CCc1ccccc1.CN.CN.N.N.N.N.N.N.N.N. The van der Waals surface area contributed by atoms with Crippen molar-refractivity contribution < 1.29 is 57.5 Å². The molecule has 0 aromatic heterocycles. The molecule has 1 amide bonds. The fourth-order valence-corrected chi connectivity index (χ4v) is 3.35. The second-order valence-electron chi connectivity index (χ2n) is 14.4. The number of hydrogen-bond acceptors (Lipinski definition) is 22. The number of aryl methyl sites for hydroxylation is 3. The van der Waals surface area contributed by atoms with E-state index >= 15 is 0 Å². The Morgan fingerprint density at radius 3 is 0.547 bits per heavy atom. The Morgan fingerprint density at radius 1 is 0.349 bits per heavy atom. The molecule has 3 aromatic carbocycles. The molecule has 4 rings (SSSR count). The molecule has 0 unspecified atom stereocenters. The fourth-order valence-electron chi connectivity index (χ4n) is 3.35. The van der Waals surface area contributed by atoms with Gasteiger partial charge in [0.05, 0.1) is 0 Å². The number of amides is 1. The Balaban J connectivity index is -0.0000000203. The zero-order chi connectivity index (χ0) is 66.6. The molecule has 0 atom stereocenters. The third-order valence-electron chi connectivity index (χ3n) is 8.00. The highest BCUT2D eigenvalue weighted by atomic mass is 16.2. The summed E-state index contributed by atoms with van der Waals surface area (Å²) in [5, 5.41) is 0. The first-order valence-corrected chi connectivity index (χ1v) is 25.5. The van der Waals surface area contributed by atoms with Gasteiger partial charge in [-0.2, -0.15) is 0 Å². The summed E-state index contributed by atoms with van der Waals surface area (Å²) in [5.74, 6) is 3.05. The number of hydrogen-bond donors (Lipinski definition) is 10. The molecule has 3 aromatic rings. The van der Waals surface area contributed by atoms with E-state index in [4.69, 9.17) is 47.9 Å². The molecule has 1 aliphatic heterocycles. The Kier molecular flexibility index (Phi) is 419. The van der Waals surface area contributed by atoms with Crippen LogP contribution in [0.4, 0.5) is 0 Å². The van der Waals surface area contributed by atoms with Gasteiger partial charge in [-0.15, -0.1) is 0 Å². The molecule has 524 valence electrons. The van der Waals surface area contributed by atoms with Gasteiger partial charge in [-0.1, -0.05) is 207 Å². The molecule has 23 nitrogen and oxygen atoms in total. The molecule has 1 heterocycles. The van der Waals surface area contributed by atoms with E-state index in [1.165, 1.54) is 83.2 Å². The third kappa shape index (κ3) is 264. The highest BCUT2D eigenvalue weighted by Crippen LogP contribution is 2.07. The third-order valence-corrected chi connectivity index (χ3v) is 8.00. The molecule has 0 radical (unpaired) electrons. The fraction of sp³-hybridized carbons (Fsp3) is 0.524. The number of nitrogens with zero attached hydrogens (tertiary/aromatic N) is 1. The molecule has 1 saturated heterocycles. The molecule has 1 fully saturated rings. The zero-order valence-corrected chi connectivity index (χ0v) is 58.9. The summed E-state index contributed by atoms with van der Waals surface area (Å²) in [5.41, 5.74) is 13.2. The number of piperidine rings is 1. The second-order valence-corrected chi connectivity index (χ2v) is 14.4. The van der Waals surface area contributed by atoms with Crippen LogP contribution in [0.2, 0.25) is 0 Å². The van der Waals surface area contributed by atoms with Crippen LogP contribution >= 0.6 is 0 Å². The smallest absolute Gasteiger partial charge is 0.219 e. The van der Waals surface area contributed by atoms with Crippen LogP contribution in [0, 0.1) is 17.8 Å².